The molecule has 9 nitrogen and oxygen atoms in total. The zero-order valence-corrected chi connectivity index (χ0v) is 26.9. The summed E-state index contributed by atoms with van der Waals surface area (Å²) in [5.41, 5.74) is 0.806. The van der Waals surface area contributed by atoms with Gasteiger partial charge in [-0.2, -0.15) is 10.5 Å². The number of fused-ring (bicyclic) bond motifs is 6. The highest BCUT2D eigenvalue weighted by Crippen LogP contribution is 2.57. The molecule has 4 aliphatic rings. The monoisotopic (exact) mass is 674 g/mol. The van der Waals surface area contributed by atoms with Crippen molar-refractivity contribution >= 4 is 69.3 Å². The molecule has 4 aromatic rings. The van der Waals surface area contributed by atoms with Crippen LogP contribution in [0.3, 0.4) is 0 Å². The van der Waals surface area contributed by atoms with Crippen molar-refractivity contribution in [2.24, 2.45) is 0 Å². The third kappa shape index (κ3) is 4.38. The van der Waals surface area contributed by atoms with Crippen LogP contribution in [0.1, 0.15) is 100.0 Å². The van der Waals surface area contributed by atoms with Crippen LogP contribution in [0.15, 0.2) is 47.5 Å². The van der Waals surface area contributed by atoms with Gasteiger partial charge in [0.25, 0.3) is 0 Å². The first kappa shape index (κ1) is 30.1. The van der Waals surface area contributed by atoms with Gasteiger partial charge in [-0.05, 0) is 62.1 Å². The molecule has 0 N–H and O–H groups in total. The van der Waals surface area contributed by atoms with Gasteiger partial charge in [0.1, 0.15) is 23.5 Å². The fraction of sp³-hybridized carbons (Fsp3) is 0.158. The molecule has 0 unspecified atom stereocenters. The minimum absolute atomic E-state index is 0.0267. The van der Waals surface area contributed by atoms with Crippen molar-refractivity contribution in [3.63, 3.8) is 0 Å². The number of carbonyl (C=O) groups excluding carboxylic acids is 4. The molecule has 3 heterocycles. The van der Waals surface area contributed by atoms with E-state index in [1.54, 1.807) is 6.08 Å². The zero-order chi connectivity index (χ0) is 34.2. The first-order valence-electron chi connectivity index (χ1n) is 15.2. The zero-order valence-electron chi connectivity index (χ0n) is 25.3. The van der Waals surface area contributed by atoms with Crippen LogP contribution in [-0.2, 0) is 5.60 Å². The highest BCUT2D eigenvalue weighted by molar-refractivity contribution is 7.23. The predicted molar refractivity (Wildman–Crippen MR) is 181 cm³/mol. The first-order valence-corrected chi connectivity index (χ1v) is 16.8. The number of nitriles is 2. The number of carbonyl (C=O) groups is 4. The van der Waals surface area contributed by atoms with E-state index in [2.05, 4.69) is 9.69 Å². The van der Waals surface area contributed by atoms with E-state index in [9.17, 15) is 29.7 Å². The number of ketones is 4. The number of ether oxygens (including phenoxy) is 1. The Bertz CT molecular complexity index is 2420. The van der Waals surface area contributed by atoms with Crippen molar-refractivity contribution in [1.29, 1.82) is 10.5 Å². The van der Waals surface area contributed by atoms with Gasteiger partial charge in [0.05, 0.1) is 45.2 Å². The van der Waals surface area contributed by atoms with Crippen molar-refractivity contribution in [3.05, 3.63) is 119 Å². The van der Waals surface area contributed by atoms with Crippen molar-refractivity contribution in [2.45, 2.75) is 37.7 Å². The topological polar surface area (TPSA) is 134 Å². The molecule has 49 heavy (non-hydrogen) atoms. The van der Waals surface area contributed by atoms with E-state index < -0.39 is 28.7 Å². The SMILES string of the molecule is [C-]#[N+]c1cc2c(cc1[N+]#[C-])C(=O)C(=Cc1cc3c(s1)-c1sc(C=C4C(=O)c5cc(C#N)c(C#N)cc5C4=O)cc1OC31CCCCC1)C2=O. The number of rotatable bonds is 2. The van der Waals surface area contributed by atoms with E-state index >= 15 is 0 Å². The Labute approximate surface area is 287 Å². The molecule has 0 amide bonds. The highest BCUT2D eigenvalue weighted by atomic mass is 32.1. The lowest BCUT2D eigenvalue weighted by atomic mass is 9.78. The van der Waals surface area contributed by atoms with Crippen molar-refractivity contribution in [2.75, 3.05) is 0 Å². The van der Waals surface area contributed by atoms with Crippen LogP contribution in [0.25, 0.3) is 31.6 Å². The number of thiophene rings is 2. The second-order valence-electron chi connectivity index (χ2n) is 12.1. The molecule has 0 radical (unpaired) electrons. The molecular formula is C38H18N4O5S2. The van der Waals surface area contributed by atoms with Gasteiger partial charge < -0.3 is 4.74 Å². The molecular weight excluding hydrogens is 657 g/mol. The Hall–Kier alpha value is -6.24. The summed E-state index contributed by atoms with van der Waals surface area (Å²) in [4.78, 5) is 63.2. The smallest absolute Gasteiger partial charge is 0.197 e. The van der Waals surface area contributed by atoms with Gasteiger partial charge in [0.2, 0.25) is 0 Å². The van der Waals surface area contributed by atoms with Crippen LogP contribution >= 0.6 is 22.7 Å². The Morgan fingerprint density at radius 2 is 1.14 bits per heavy atom. The molecule has 232 valence electrons. The first-order chi connectivity index (χ1) is 23.7. The van der Waals surface area contributed by atoms with Gasteiger partial charge in [-0.3, -0.25) is 28.9 Å². The van der Waals surface area contributed by atoms with Gasteiger partial charge in [0, 0.05) is 37.6 Å². The summed E-state index contributed by atoms with van der Waals surface area (Å²) in [6.45, 7) is 14.7. The number of benzene rings is 2. The van der Waals surface area contributed by atoms with Gasteiger partial charge in [-0.1, -0.05) is 18.6 Å². The summed E-state index contributed by atoms with van der Waals surface area (Å²) in [6.07, 6.45) is 7.63. The maximum Gasteiger partial charge on any atom is 0.197 e. The van der Waals surface area contributed by atoms with Crippen molar-refractivity contribution < 1.29 is 23.9 Å². The Morgan fingerprint density at radius 1 is 0.673 bits per heavy atom. The number of allylic oxidation sites excluding steroid dienone is 2. The summed E-state index contributed by atoms with van der Waals surface area (Å²) in [6, 6.07) is 12.8. The minimum atomic E-state index is -0.613. The van der Waals surface area contributed by atoms with Crippen LogP contribution in [0.2, 0.25) is 0 Å². The molecule has 8 rings (SSSR count). The lowest BCUT2D eigenvalue weighted by Crippen LogP contribution is -2.37. The summed E-state index contributed by atoms with van der Waals surface area (Å²) in [5, 5.41) is 18.8. The fourth-order valence-electron chi connectivity index (χ4n) is 7.07. The summed E-state index contributed by atoms with van der Waals surface area (Å²) >= 11 is 2.78. The lowest BCUT2D eigenvalue weighted by Gasteiger charge is -2.40. The predicted octanol–water partition coefficient (Wildman–Crippen LogP) is 8.80. The fourth-order valence-corrected chi connectivity index (χ4v) is 9.44. The van der Waals surface area contributed by atoms with Crippen LogP contribution in [-0.4, -0.2) is 23.1 Å². The van der Waals surface area contributed by atoms with Gasteiger partial charge in [-0.25, -0.2) is 0 Å². The van der Waals surface area contributed by atoms with Gasteiger partial charge in [-0.15, -0.1) is 22.7 Å². The molecule has 11 heteroatoms. The Kier molecular flexibility index (Phi) is 6.70. The number of hydrogen-bond acceptors (Lipinski definition) is 9. The van der Waals surface area contributed by atoms with E-state index in [1.165, 1.54) is 53.0 Å². The summed E-state index contributed by atoms with van der Waals surface area (Å²) in [7, 11) is 0. The van der Waals surface area contributed by atoms with E-state index in [-0.39, 0.29) is 55.9 Å². The van der Waals surface area contributed by atoms with Crippen LogP contribution in [0.4, 0.5) is 11.4 Å². The lowest BCUT2D eigenvalue weighted by molar-refractivity contribution is 0.0250. The summed E-state index contributed by atoms with van der Waals surface area (Å²) in [5.74, 6) is -1.38. The standard InChI is InChI=1S/C38H18N4O5S2/c1-41-29-14-24-25(15-30(29)42-2)35(46)26(34(24)45)10-20-12-28-36(48-20)37-31(47-38(28)6-4-3-5-7-38)13-21(49-37)11-27-32(43)22-8-18(16-39)19(17-40)9-23(22)33(27)44/h8-15H,3-7H2. The number of Topliss-reactive ketones (excluding diaryl/α,β-unsaturated/α-hetero) is 4. The Balaban J connectivity index is 1.20. The minimum Gasteiger partial charge on any atom is -0.481 e. The second-order valence-corrected chi connectivity index (χ2v) is 14.3. The van der Waals surface area contributed by atoms with Crippen LogP contribution < -0.4 is 4.74 Å². The van der Waals surface area contributed by atoms with Crippen molar-refractivity contribution in [1.82, 2.24) is 0 Å². The van der Waals surface area contributed by atoms with E-state index in [1.807, 2.05) is 24.3 Å². The molecule has 2 aromatic carbocycles. The molecule has 1 spiro atoms. The quantitative estimate of drug-likeness (QED) is 0.118. The molecule has 0 bridgehead atoms. The molecule has 0 saturated heterocycles. The Morgan fingerprint density at radius 3 is 1.63 bits per heavy atom. The average molecular weight is 675 g/mol. The maximum absolute atomic E-state index is 13.4. The normalized spacial score (nSPS) is 16.5. The van der Waals surface area contributed by atoms with E-state index in [0.29, 0.717) is 15.5 Å². The molecule has 1 aliphatic heterocycles. The number of hydrogen-bond donors (Lipinski definition) is 0. The molecule has 1 fully saturated rings. The second kappa shape index (κ2) is 10.9. The molecule has 3 aliphatic carbocycles. The van der Waals surface area contributed by atoms with Gasteiger partial charge >= 0.3 is 0 Å². The van der Waals surface area contributed by atoms with Crippen LogP contribution in [0.5, 0.6) is 5.75 Å². The largest absolute Gasteiger partial charge is 0.481 e. The molecule has 0 atom stereocenters. The van der Waals surface area contributed by atoms with Crippen LogP contribution in [0, 0.1) is 35.8 Å². The third-order valence-corrected chi connectivity index (χ3v) is 11.7. The molecule has 1 saturated carbocycles. The molecule has 2 aromatic heterocycles. The van der Waals surface area contributed by atoms with Crippen molar-refractivity contribution in [3.8, 4) is 27.6 Å². The van der Waals surface area contributed by atoms with Gasteiger partial charge in [0.15, 0.2) is 34.5 Å². The maximum atomic E-state index is 13.4. The highest BCUT2D eigenvalue weighted by Gasteiger charge is 2.44. The van der Waals surface area contributed by atoms with E-state index in [4.69, 9.17) is 17.9 Å². The average Bonchev–Trinajstić information content (AvgIpc) is 3.85. The number of nitrogens with zero attached hydrogens (tertiary/aromatic N) is 4. The third-order valence-electron chi connectivity index (χ3n) is 9.42. The van der Waals surface area contributed by atoms with E-state index in [0.717, 1.165) is 47.4 Å². The summed E-state index contributed by atoms with van der Waals surface area (Å²) < 4.78 is 6.77.